The van der Waals surface area contributed by atoms with Crippen molar-refractivity contribution in [2.75, 3.05) is 11.9 Å². The quantitative estimate of drug-likeness (QED) is 0.436. The van der Waals surface area contributed by atoms with Crippen molar-refractivity contribution in [2.24, 2.45) is 0 Å². The van der Waals surface area contributed by atoms with Crippen LogP contribution >= 0.6 is 11.6 Å². The number of non-ortho nitro benzene ring substituents is 1. The minimum atomic E-state index is -4.82. The first-order valence-electron chi connectivity index (χ1n) is 6.16. The van der Waals surface area contributed by atoms with Gasteiger partial charge in [0, 0.05) is 19.2 Å². The molecule has 0 saturated carbocycles. The van der Waals surface area contributed by atoms with E-state index < -0.39 is 28.2 Å². The molecule has 122 valence electrons. The van der Waals surface area contributed by atoms with E-state index in [1.54, 1.807) is 0 Å². The Morgan fingerprint density at radius 2 is 1.83 bits per heavy atom. The van der Waals surface area contributed by atoms with Gasteiger partial charge >= 0.3 is 6.18 Å². The summed E-state index contributed by atoms with van der Waals surface area (Å²) < 4.78 is 53.1. The largest absolute Gasteiger partial charge is 0.418 e. The van der Waals surface area contributed by atoms with Crippen LogP contribution < -0.4 is 4.90 Å². The number of benzene rings is 2. The summed E-state index contributed by atoms with van der Waals surface area (Å²) in [5.41, 5.74) is -2.28. The summed E-state index contributed by atoms with van der Waals surface area (Å²) in [6.07, 6.45) is -4.82. The van der Waals surface area contributed by atoms with E-state index in [-0.39, 0.29) is 16.4 Å². The Morgan fingerprint density at radius 3 is 2.39 bits per heavy atom. The summed E-state index contributed by atoms with van der Waals surface area (Å²) in [5.74, 6) is -0.786. The SMILES string of the molecule is CN(c1ccc([N+](=O)[O-])cc1C(F)(F)F)c1cccc(F)c1Cl. The second kappa shape index (κ2) is 6.04. The van der Waals surface area contributed by atoms with E-state index in [4.69, 9.17) is 11.6 Å². The maximum absolute atomic E-state index is 13.5. The highest BCUT2D eigenvalue weighted by molar-refractivity contribution is 6.33. The number of hydrogen-bond acceptors (Lipinski definition) is 3. The molecule has 0 N–H and O–H groups in total. The number of rotatable bonds is 3. The normalized spacial score (nSPS) is 11.4. The maximum Gasteiger partial charge on any atom is 0.418 e. The van der Waals surface area contributed by atoms with Crippen LogP contribution in [0, 0.1) is 15.9 Å². The number of anilines is 2. The van der Waals surface area contributed by atoms with Gasteiger partial charge in [-0.05, 0) is 18.2 Å². The molecule has 0 aromatic heterocycles. The summed E-state index contributed by atoms with van der Waals surface area (Å²) >= 11 is 5.78. The van der Waals surface area contributed by atoms with Crippen molar-refractivity contribution in [2.45, 2.75) is 6.18 Å². The van der Waals surface area contributed by atoms with E-state index in [0.29, 0.717) is 6.07 Å². The summed E-state index contributed by atoms with van der Waals surface area (Å²) in [6.45, 7) is 0. The van der Waals surface area contributed by atoms with Crippen LogP contribution in [-0.4, -0.2) is 12.0 Å². The Balaban J connectivity index is 2.62. The van der Waals surface area contributed by atoms with Crippen molar-refractivity contribution >= 4 is 28.7 Å². The Bertz CT molecular complexity index is 765. The third-order valence-electron chi connectivity index (χ3n) is 3.15. The van der Waals surface area contributed by atoms with Crippen LogP contribution in [0.1, 0.15) is 5.56 Å². The highest BCUT2D eigenvalue weighted by Gasteiger charge is 2.36. The number of nitro groups is 1. The van der Waals surface area contributed by atoms with E-state index in [0.717, 1.165) is 23.1 Å². The van der Waals surface area contributed by atoms with Crippen molar-refractivity contribution in [3.8, 4) is 0 Å². The van der Waals surface area contributed by atoms with E-state index in [2.05, 4.69) is 0 Å². The van der Waals surface area contributed by atoms with Gasteiger partial charge in [0.15, 0.2) is 0 Å². The molecule has 2 aromatic rings. The fraction of sp³-hybridized carbons (Fsp3) is 0.143. The molecule has 23 heavy (non-hydrogen) atoms. The van der Waals surface area contributed by atoms with Gasteiger partial charge in [-0.15, -0.1) is 0 Å². The number of nitro benzene ring substituents is 1. The van der Waals surface area contributed by atoms with Crippen molar-refractivity contribution in [3.05, 3.63) is 62.9 Å². The second-order valence-electron chi connectivity index (χ2n) is 4.59. The molecular weight excluding hydrogens is 340 g/mol. The number of alkyl halides is 3. The first kappa shape index (κ1) is 17.0. The summed E-state index contributed by atoms with van der Waals surface area (Å²) in [4.78, 5) is 10.8. The molecule has 0 aliphatic heterocycles. The maximum atomic E-state index is 13.5. The van der Waals surface area contributed by atoms with Crippen LogP contribution in [0.2, 0.25) is 5.02 Å². The zero-order valence-electron chi connectivity index (χ0n) is 11.6. The molecule has 0 bridgehead atoms. The lowest BCUT2D eigenvalue weighted by atomic mass is 10.1. The van der Waals surface area contributed by atoms with Crippen LogP contribution in [0.15, 0.2) is 36.4 Å². The molecule has 0 saturated heterocycles. The van der Waals surface area contributed by atoms with E-state index in [1.807, 2.05) is 0 Å². The predicted octanol–water partition coefficient (Wildman–Crippen LogP) is 5.17. The Hall–Kier alpha value is -2.35. The molecular formula is C14H9ClF4N2O2. The van der Waals surface area contributed by atoms with Gasteiger partial charge in [-0.25, -0.2) is 4.39 Å². The lowest BCUT2D eigenvalue weighted by Crippen LogP contribution is -2.17. The molecule has 2 aromatic carbocycles. The summed E-state index contributed by atoms with van der Waals surface area (Å²) in [6, 6.07) is 6.02. The Morgan fingerprint density at radius 1 is 1.17 bits per heavy atom. The molecule has 0 aliphatic carbocycles. The van der Waals surface area contributed by atoms with E-state index >= 15 is 0 Å². The van der Waals surface area contributed by atoms with Crippen LogP contribution in [0.25, 0.3) is 0 Å². The monoisotopic (exact) mass is 348 g/mol. The van der Waals surface area contributed by atoms with Crippen molar-refractivity contribution in [1.29, 1.82) is 0 Å². The van der Waals surface area contributed by atoms with Gasteiger partial charge in [0.05, 0.1) is 26.9 Å². The van der Waals surface area contributed by atoms with Gasteiger partial charge in [0.2, 0.25) is 0 Å². The molecule has 9 heteroatoms. The smallest absolute Gasteiger partial charge is 0.343 e. The van der Waals surface area contributed by atoms with Gasteiger partial charge in [-0.1, -0.05) is 17.7 Å². The fourth-order valence-corrected chi connectivity index (χ4v) is 2.29. The van der Waals surface area contributed by atoms with Crippen LogP contribution in [0.5, 0.6) is 0 Å². The Kier molecular flexibility index (Phi) is 4.46. The van der Waals surface area contributed by atoms with Crippen molar-refractivity contribution in [3.63, 3.8) is 0 Å². The molecule has 4 nitrogen and oxygen atoms in total. The topological polar surface area (TPSA) is 46.4 Å². The van der Waals surface area contributed by atoms with Crippen molar-refractivity contribution in [1.82, 2.24) is 0 Å². The average Bonchev–Trinajstić information content (AvgIpc) is 2.48. The van der Waals surface area contributed by atoms with Gasteiger partial charge in [-0.3, -0.25) is 10.1 Å². The zero-order chi connectivity index (χ0) is 17.4. The molecule has 0 fully saturated rings. The third-order valence-corrected chi connectivity index (χ3v) is 3.52. The summed E-state index contributed by atoms with van der Waals surface area (Å²) in [5, 5.41) is 10.3. The van der Waals surface area contributed by atoms with Gasteiger partial charge in [0.25, 0.3) is 5.69 Å². The first-order chi connectivity index (χ1) is 10.6. The minimum Gasteiger partial charge on any atom is -0.343 e. The fourth-order valence-electron chi connectivity index (χ4n) is 2.04. The number of nitrogens with zero attached hydrogens (tertiary/aromatic N) is 2. The molecule has 0 spiro atoms. The van der Waals surface area contributed by atoms with Crippen LogP contribution in [0.4, 0.5) is 34.6 Å². The molecule has 0 radical (unpaired) electrons. The lowest BCUT2D eigenvalue weighted by molar-refractivity contribution is -0.385. The average molecular weight is 349 g/mol. The van der Waals surface area contributed by atoms with E-state index in [9.17, 15) is 27.7 Å². The number of halogens is 5. The van der Waals surface area contributed by atoms with Crippen LogP contribution in [-0.2, 0) is 6.18 Å². The predicted molar refractivity (Wildman–Crippen MR) is 77.6 cm³/mol. The molecule has 0 amide bonds. The lowest BCUT2D eigenvalue weighted by Gasteiger charge is -2.24. The first-order valence-corrected chi connectivity index (χ1v) is 6.54. The van der Waals surface area contributed by atoms with E-state index in [1.165, 1.54) is 19.2 Å². The van der Waals surface area contributed by atoms with Crippen LogP contribution in [0.3, 0.4) is 0 Å². The molecule has 0 aliphatic rings. The highest BCUT2D eigenvalue weighted by Crippen LogP contribution is 2.42. The number of hydrogen-bond donors (Lipinski definition) is 0. The van der Waals surface area contributed by atoms with Gasteiger partial charge < -0.3 is 4.90 Å². The summed E-state index contributed by atoms with van der Waals surface area (Å²) in [7, 11) is 1.26. The Labute approximate surface area is 133 Å². The second-order valence-corrected chi connectivity index (χ2v) is 4.97. The standard InChI is InChI=1S/C14H9ClF4N2O2/c1-20(12-4-2-3-10(16)13(12)15)11-6-5-8(21(22)23)7-9(11)14(17,18)19/h2-7H,1H3. The molecule has 0 atom stereocenters. The van der Waals surface area contributed by atoms with Gasteiger partial charge in [-0.2, -0.15) is 13.2 Å². The van der Waals surface area contributed by atoms with Crippen molar-refractivity contribution < 1.29 is 22.5 Å². The molecule has 2 rings (SSSR count). The molecule has 0 heterocycles. The zero-order valence-corrected chi connectivity index (χ0v) is 12.3. The minimum absolute atomic E-state index is 0.00557. The molecule has 0 unspecified atom stereocenters. The highest BCUT2D eigenvalue weighted by atomic mass is 35.5. The van der Waals surface area contributed by atoms with Gasteiger partial charge in [0.1, 0.15) is 5.82 Å². The third kappa shape index (κ3) is 3.37.